The lowest BCUT2D eigenvalue weighted by atomic mass is 10.1. The molecule has 0 unspecified atom stereocenters. The Kier molecular flexibility index (Phi) is 5.17. The summed E-state index contributed by atoms with van der Waals surface area (Å²) >= 11 is 6.37. The monoisotopic (exact) mass is 425 g/mol. The molecule has 5 nitrogen and oxygen atoms in total. The molecule has 0 N–H and O–H groups in total. The van der Waals surface area contributed by atoms with Gasteiger partial charge in [-0.1, -0.05) is 48.0 Å². The summed E-state index contributed by atoms with van der Waals surface area (Å²) in [5.74, 6) is 0. The van der Waals surface area contributed by atoms with Crippen LogP contribution in [0.2, 0.25) is 5.02 Å². The second-order valence-corrected chi connectivity index (χ2v) is 9.27. The zero-order valence-electron chi connectivity index (χ0n) is 16.1. The molecule has 0 bridgehead atoms. The number of hydrogen-bond donors (Lipinski definition) is 0. The lowest BCUT2D eigenvalue weighted by Crippen LogP contribution is -2.15. The van der Waals surface area contributed by atoms with E-state index in [0.29, 0.717) is 21.7 Å². The van der Waals surface area contributed by atoms with Gasteiger partial charge in [-0.05, 0) is 55.6 Å². The van der Waals surface area contributed by atoms with Crippen molar-refractivity contribution in [2.45, 2.75) is 11.4 Å². The molecule has 148 valence electrons. The first-order valence-electron chi connectivity index (χ1n) is 9.08. The number of nitrogens with zero attached hydrogens (tertiary/aromatic N) is 3. The maximum absolute atomic E-state index is 13.5. The fourth-order valence-corrected chi connectivity index (χ4v) is 5.08. The SMILES string of the molecule is CN(C)Cc1cccc(-c2cc3c(Cl)ccnc3n2S(=O)(=O)c2ccccc2)c1. The Labute approximate surface area is 175 Å². The molecule has 7 heteroatoms. The summed E-state index contributed by atoms with van der Waals surface area (Å²) in [5.41, 5.74) is 2.72. The van der Waals surface area contributed by atoms with Gasteiger partial charge in [-0.3, -0.25) is 0 Å². The highest BCUT2D eigenvalue weighted by Gasteiger charge is 2.25. The van der Waals surface area contributed by atoms with Gasteiger partial charge in [-0.2, -0.15) is 0 Å². The molecule has 0 aliphatic heterocycles. The van der Waals surface area contributed by atoms with Gasteiger partial charge in [0.1, 0.15) is 0 Å². The zero-order chi connectivity index (χ0) is 20.6. The highest BCUT2D eigenvalue weighted by molar-refractivity contribution is 7.90. The largest absolute Gasteiger partial charge is 0.305 e. The van der Waals surface area contributed by atoms with E-state index in [1.807, 2.05) is 38.4 Å². The van der Waals surface area contributed by atoms with E-state index < -0.39 is 10.0 Å². The number of fused-ring (bicyclic) bond motifs is 1. The minimum Gasteiger partial charge on any atom is -0.305 e. The van der Waals surface area contributed by atoms with Crippen molar-refractivity contribution in [3.63, 3.8) is 0 Å². The van der Waals surface area contributed by atoms with Crippen LogP contribution in [0.4, 0.5) is 0 Å². The molecule has 2 aromatic carbocycles. The Hall–Kier alpha value is -2.67. The maximum Gasteiger partial charge on any atom is 0.269 e. The minimum atomic E-state index is -3.87. The van der Waals surface area contributed by atoms with Crippen molar-refractivity contribution in [2.24, 2.45) is 0 Å². The van der Waals surface area contributed by atoms with Gasteiger partial charge >= 0.3 is 0 Å². The van der Waals surface area contributed by atoms with Crippen LogP contribution in [-0.4, -0.2) is 36.4 Å². The van der Waals surface area contributed by atoms with Crippen molar-refractivity contribution in [3.05, 3.63) is 83.5 Å². The molecule has 0 saturated heterocycles. The third kappa shape index (κ3) is 3.67. The van der Waals surface area contributed by atoms with Crippen LogP contribution in [0.5, 0.6) is 0 Å². The van der Waals surface area contributed by atoms with Gasteiger partial charge in [0.2, 0.25) is 0 Å². The molecule has 0 atom stereocenters. The minimum absolute atomic E-state index is 0.199. The predicted molar refractivity (Wildman–Crippen MR) is 117 cm³/mol. The van der Waals surface area contributed by atoms with Crippen molar-refractivity contribution in [1.29, 1.82) is 0 Å². The molecule has 2 aromatic heterocycles. The van der Waals surface area contributed by atoms with Crippen LogP contribution in [0.1, 0.15) is 5.56 Å². The Bertz CT molecular complexity index is 1280. The summed E-state index contributed by atoms with van der Waals surface area (Å²) < 4.78 is 28.4. The molecule has 0 spiro atoms. The average Bonchev–Trinajstić information content (AvgIpc) is 3.10. The van der Waals surface area contributed by atoms with Crippen LogP contribution in [0, 0.1) is 0 Å². The van der Waals surface area contributed by atoms with Gasteiger partial charge in [-0.15, -0.1) is 0 Å². The van der Waals surface area contributed by atoms with Gasteiger partial charge in [0, 0.05) is 18.1 Å². The third-order valence-electron chi connectivity index (χ3n) is 4.61. The van der Waals surface area contributed by atoms with E-state index in [2.05, 4.69) is 9.88 Å². The van der Waals surface area contributed by atoms with E-state index in [9.17, 15) is 8.42 Å². The Morgan fingerprint density at radius 1 is 1.00 bits per heavy atom. The molecule has 0 amide bonds. The number of rotatable bonds is 5. The van der Waals surface area contributed by atoms with Crippen molar-refractivity contribution in [2.75, 3.05) is 14.1 Å². The van der Waals surface area contributed by atoms with Crippen molar-refractivity contribution in [3.8, 4) is 11.3 Å². The second-order valence-electron chi connectivity index (χ2n) is 7.08. The molecule has 4 rings (SSSR count). The first-order chi connectivity index (χ1) is 13.9. The molecule has 29 heavy (non-hydrogen) atoms. The van der Waals surface area contributed by atoms with Crippen molar-refractivity contribution in [1.82, 2.24) is 13.9 Å². The second kappa shape index (κ2) is 7.63. The first kappa shape index (κ1) is 19.6. The summed E-state index contributed by atoms with van der Waals surface area (Å²) in [6, 6.07) is 19.7. The van der Waals surface area contributed by atoms with E-state index in [4.69, 9.17) is 11.6 Å². The van der Waals surface area contributed by atoms with Gasteiger partial charge in [0.15, 0.2) is 5.65 Å². The summed E-state index contributed by atoms with van der Waals surface area (Å²) in [4.78, 5) is 6.60. The lowest BCUT2D eigenvalue weighted by molar-refractivity contribution is 0.402. The Morgan fingerprint density at radius 3 is 2.48 bits per heavy atom. The molecule has 0 aliphatic rings. The third-order valence-corrected chi connectivity index (χ3v) is 6.66. The number of benzene rings is 2. The van der Waals surface area contributed by atoms with Gasteiger partial charge < -0.3 is 4.90 Å². The molecule has 0 radical (unpaired) electrons. The van der Waals surface area contributed by atoms with Crippen molar-refractivity contribution >= 4 is 32.7 Å². The van der Waals surface area contributed by atoms with Crippen LogP contribution < -0.4 is 0 Å². The van der Waals surface area contributed by atoms with E-state index in [-0.39, 0.29) is 4.90 Å². The molecule has 0 saturated carbocycles. The van der Waals surface area contributed by atoms with E-state index in [1.54, 1.807) is 42.5 Å². The molecule has 0 fully saturated rings. The van der Waals surface area contributed by atoms with Crippen LogP contribution >= 0.6 is 11.6 Å². The number of halogens is 1. The zero-order valence-corrected chi connectivity index (χ0v) is 17.7. The fourth-order valence-electron chi connectivity index (χ4n) is 3.38. The number of hydrogen-bond acceptors (Lipinski definition) is 4. The highest BCUT2D eigenvalue weighted by Crippen LogP contribution is 2.34. The van der Waals surface area contributed by atoms with Gasteiger partial charge in [0.25, 0.3) is 10.0 Å². The lowest BCUT2D eigenvalue weighted by Gasteiger charge is -2.14. The normalized spacial score (nSPS) is 12.0. The van der Waals surface area contributed by atoms with Gasteiger partial charge in [0.05, 0.1) is 15.6 Å². The number of aromatic nitrogens is 2. The molecule has 4 aromatic rings. The van der Waals surface area contributed by atoms with E-state index >= 15 is 0 Å². The molecule has 0 aliphatic carbocycles. The quantitative estimate of drug-likeness (QED) is 0.466. The fraction of sp³-hybridized carbons (Fsp3) is 0.136. The van der Waals surface area contributed by atoms with E-state index in [1.165, 1.54) is 10.2 Å². The van der Waals surface area contributed by atoms with E-state index in [0.717, 1.165) is 17.7 Å². The van der Waals surface area contributed by atoms with Crippen LogP contribution in [0.25, 0.3) is 22.3 Å². The standard InChI is InChI=1S/C22H20ClN3O2S/c1-25(2)15-16-7-6-8-17(13-16)21-14-19-20(23)11-12-24-22(19)26(21)29(27,28)18-9-4-3-5-10-18/h3-14H,15H2,1-2H3. The van der Waals surface area contributed by atoms with Crippen LogP contribution in [0.15, 0.2) is 77.8 Å². The molecular formula is C22H20ClN3O2S. The van der Waals surface area contributed by atoms with Gasteiger partial charge in [-0.25, -0.2) is 17.4 Å². The topological polar surface area (TPSA) is 55.2 Å². The summed E-state index contributed by atoms with van der Waals surface area (Å²) in [5, 5.41) is 1.06. The highest BCUT2D eigenvalue weighted by atomic mass is 35.5. The van der Waals surface area contributed by atoms with Crippen molar-refractivity contribution < 1.29 is 8.42 Å². The van der Waals surface area contributed by atoms with Crippen LogP contribution in [-0.2, 0) is 16.6 Å². The maximum atomic E-state index is 13.5. The molecule has 2 heterocycles. The average molecular weight is 426 g/mol. The smallest absolute Gasteiger partial charge is 0.269 e. The predicted octanol–water partition coefficient (Wildman–Crippen LogP) is 4.66. The Balaban J connectivity index is 2.01. The van der Waals surface area contributed by atoms with Crippen LogP contribution in [0.3, 0.4) is 0 Å². The first-order valence-corrected chi connectivity index (χ1v) is 10.9. The summed E-state index contributed by atoms with van der Waals surface area (Å²) in [6.45, 7) is 0.749. The summed E-state index contributed by atoms with van der Waals surface area (Å²) in [7, 11) is 0.118. The summed E-state index contributed by atoms with van der Waals surface area (Å²) in [6.07, 6.45) is 1.52. The Morgan fingerprint density at radius 2 is 1.76 bits per heavy atom. The number of pyridine rings is 1. The molecular weight excluding hydrogens is 406 g/mol.